The smallest absolute Gasteiger partial charge is 0.207 e. The standard InChI is InChI=1S/C18H27N3O/c1-2-3-4-5-6-9-14-22-15-21-17-11-8-7-10-16(17)20-13-12-19-18(20)21/h7-8,10-11H,2-6,9,12-15H2,1H3. The first-order valence-electron chi connectivity index (χ1n) is 8.68. The van der Waals surface area contributed by atoms with E-state index in [2.05, 4.69) is 46.0 Å². The third-order valence-corrected chi connectivity index (χ3v) is 4.39. The molecular weight excluding hydrogens is 274 g/mol. The monoisotopic (exact) mass is 301 g/mol. The van der Waals surface area contributed by atoms with Crippen LogP contribution in [0.1, 0.15) is 45.4 Å². The number of rotatable bonds is 9. The summed E-state index contributed by atoms with van der Waals surface area (Å²) in [5, 5.41) is 0. The molecule has 2 aliphatic heterocycles. The number of nitrogens with zero attached hydrogens (tertiary/aromatic N) is 3. The molecule has 4 heteroatoms. The van der Waals surface area contributed by atoms with Crippen LogP contribution in [-0.4, -0.2) is 32.4 Å². The lowest BCUT2D eigenvalue weighted by Gasteiger charge is -2.19. The number of fused-ring (bicyclic) bond motifs is 3. The number of hydrogen-bond donors (Lipinski definition) is 0. The zero-order chi connectivity index (χ0) is 15.2. The Balaban J connectivity index is 1.45. The third-order valence-electron chi connectivity index (χ3n) is 4.39. The van der Waals surface area contributed by atoms with Gasteiger partial charge in [0, 0.05) is 13.2 Å². The van der Waals surface area contributed by atoms with Crippen molar-refractivity contribution in [2.45, 2.75) is 45.4 Å². The van der Waals surface area contributed by atoms with Crippen molar-refractivity contribution < 1.29 is 4.74 Å². The molecule has 0 saturated carbocycles. The Labute approximate surface area is 133 Å². The molecule has 0 unspecified atom stereocenters. The van der Waals surface area contributed by atoms with Gasteiger partial charge in [-0.15, -0.1) is 0 Å². The molecule has 0 bridgehead atoms. The Hall–Kier alpha value is -1.55. The third kappa shape index (κ3) is 3.27. The Morgan fingerprint density at radius 2 is 1.82 bits per heavy atom. The lowest BCUT2D eigenvalue weighted by atomic mass is 10.1. The van der Waals surface area contributed by atoms with Crippen molar-refractivity contribution in [3.63, 3.8) is 0 Å². The van der Waals surface area contributed by atoms with Crippen LogP contribution in [0.15, 0.2) is 29.3 Å². The van der Waals surface area contributed by atoms with Gasteiger partial charge >= 0.3 is 0 Å². The molecule has 120 valence electrons. The second-order valence-corrected chi connectivity index (χ2v) is 6.06. The maximum atomic E-state index is 5.91. The van der Waals surface area contributed by atoms with E-state index in [1.807, 2.05) is 0 Å². The largest absolute Gasteiger partial charge is 0.361 e. The van der Waals surface area contributed by atoms with Gasteiger partial charge in [0.25, 0.3) is 0 Å². The van der Waals surface area contributed by atoms with Crippen molar-refractivity contribution in [2.75, 3.05) is 36.2 Å². The molecular formula is C18H27N3O. The number of unbranched alkanes of at least 4 members (excludes halogenated alkanes) is 5. The second kappa shape index (κ2) is 7.63. The summed E-state index contributed by atoms with van der Waals surface area (Å²) in [4.78, 5) is 9.13. The van der Waals surface area contributed by atoms with Crippen LogP contribution in [0.3, 0.4) is 0 Å². The van der Waals surface area contributed by atoms with E-state index in [0.29, 0.717) is 6.73 Å². The van der Waals surface area contributed by atoms with Crippen molar-refractivity contribution in [2.24, 2.45) is 4.99 Å². The van der Waals surface area contributed by atoms with Gasteiger partial charge in [-0.1, -0.05) is 51.2 Å². The minimum atomic E-state index is 0.612. The predicted molar refractivity (Wildman–Crippen MR) is 92.8 cm³/mol. The van der Waals surface area contributed by atoms with Gasteiger partial charge in [0.1, 0.15) is 6.73 Å². The Morgan fingerprint density at radius 3 is 2.68 bits per heavy atom. The summed E-state index contributed by atoms with van der Waals surface area (Å²) < 4.78 is 5.91. The lowest BCUT2D eigenvalue weighted by Crippen LogP contribution is -2.36. The first kappa shape index (κ1) is 15.3. The van der Waals surface area contributed by atoms with Crippen LogP contribution in [0, 0.1) is 0 Å². The Bertz CT molecular complexity index is 515. The summed E-state index contributed by atoms with van der Waals surface area (Å²) >= 11 is 0. The molecule has 1 aromatic carbocycles. The first-order chi connectivity index (χ1) is 10.9. The average Bonchev–Trinajstić information content (AvgIpc) is 3.12. The fraction of sp³-hybridized carbons (Fsp3) is 0.611. The molecule has 0 saturated heterocycles. The lowest BCUT2D eigenvalue weighted by molar-refractivity contribution is 0.138. The second-order valence-electron chi connectivity index (χ2n) is 6.06. The fourth-order valence-electron chi connectivity index (χ4n) is 3.19. The van der Waals surface area contributed by atoms with Gasteiger partial charge in [0.05, 0.1) is 17.9 Å². The number of anilines is 2. The van der Waals surface area contributed by atoms with Gasteiger partial charge < -0.3 is 9.64 Å². The number of aliphatic imine (C=N–C) groups is 1. The van der Waals surface area contributed by atoms with Crippen molar-refractivity contribution in [1.29, 1.82) is 0 Å². The summed E-state index contributed by atoms with van der Waals surface area (Å²) in [6.45, 7) is 5.59. The maximum absolute atomic E-state index is 5.91. The molecule has 4 nitrogen and oxygen atoms in total. The summed E-state index contributed by atoms with van der Waals surface area (Å²) in [5.41, 5.74) is 2.49. The van der Waals surface area contributed by atoms with Crippen molar-refractivity contribution in [3.8, 4) is 0 Å². The fourth-order valence-corrected chi connectivity index (χ4v) is 3.19. The van der Waals surface area contributed by atoms with Gasteiger partial charge in [0.2, 0.25) is 5.96 Å². The van der Waals surface area contributed by atoms with E-state index in [0.717, 1.165) is 32.1 Å². The van der Waals surface area contributed by atoms with Gasteiger partial charge in [-0.2, -0.15) is 0 Å². The zero-order valence-corrected chi connectivity index (χ0v) is 13.6. The van der Waals surface area contributed by atoms with Crippen LogP contribution < -0.4 is 9.80 Å². The number of ether oxygens (including phenoxy) is 1. The molecule has 2 aliphatic rings. The van der Waals surface area contributed by atoms with E-state index in [-0.39, 0.29) is 0 Å². The molecule has 0 spiro atoms. The average molecular weight is 301 g/mol. The van der Waals surface area contributed by atoms with E-state index < -0.39 is 0 Å². The SMILES string of the molecule is CCCCCCCCOCN1C2=NCCN2c2ccccc21. The first-order valence-corrected chi connectivity index (χ1v) is 8.68. The molecule has 0 N–H and O–H groups in total. The number of hydrogen-bond acceptors (Lipinski definition) is 4. The highest BCUT2D eigenvalue weighted by molar-refractivity contribution is 6.16. The van der Waals surface area contributed by atoms with Crippen LogP contribution in [0.5, 0.6) is 0 Å². The maximum Gasteiger partial charge on any atom is 0.207 e. The minimum absolute atomic E-state index is 0.612. The highest BCUT2D eigenvalue weighted by Crippen LogP contribution is 2.38. The highest BCUT2D eigenvalue weighted by Gasteiger charge is 2.34. The van der Waals surface area contributed by atoms with Crippen molar-refractivity contribution in [1.82, 2.24) is 0 Å². The van der Waals surface area contributed by atoms with Crippen molar-refractivity contribution >= 4 is 17.3 Å². The van der Waals surface area contributed by atoms with E-state index >= 15 is 0 Å². The summed E-state index contributed by atoms with van der Waals surface area (Å²) in [6.07, 6.45) is 7.82. The number of benzene rings is 1. The van der Waals surface area contributed by atoms with Gasteiger partial charge in [-0.25, -0.2) is 0 Å². The van der Waals surface area contributed by atoms with Crippen LogP contribution >= 0.6 is 0 Å². The molecule has 2 heterocycles. The molecule has 0 amide bonds. The Morgan fingerprint density at radius 1 is 1.05 bits per heavy atom. The van der Waals surface area contributed by atoms with Crippen LogP contribution in [0.2, 0.25) is 0 Å². The predicted octanol–water partition coefficient (Wildman–Crippen LogP) is 4.02. The van der Waals surface area contributed by atoms with Gasteiger partial charge in [-0.05, 0) is 18.6 Å². The summed E-state index contributed by atoms with van der Waals surface area (Å²) in [7, 11) is 0. The molecule has 0 atom stereocenters. The van der Waals surface area contributed by atoms with E-state index in [9.17, 15) is 0 Å². The quantitative estimate of drug-likeness (QED) is 0.645. The van der Waals surface area contributed by atoms with Gasteiger partial charge in [-0.3, -0.25) is 9.89 Å². The number of guanidine groups is 1. The normalized spacial score (nSPS) is 16.0. The van der Waals surface area contributed by atoms with Crippen LogP contribution in [0.4, 0.5) is 11.4 Å². The van der Waals surface area contributed by atoms with Crippen molar-refractivity contribution in [3.05, 3.63) is 24.3 Å². The molecule has 22 heavy (non-hydrogen) atoms. The molecule has 0 radical (unpaired) electrons. The number of para-hydroxylation sites is 2. The van der Waals surface area contributed by atoms with Crippen LogP contribution in [0.25, 0.3) is 0 Å². The van der Waals surface area contributed by atoms with E-state index in [1.165, 1.54) is 43.5 Å². The van der Waals surface area contributed by atoms with E-state index in [4.69, 9.17) is 4.74 Å². The molecule has 0 fully saturated rings. The van der Waals surface area contributed by atoms with Crippen LogP contribution in [-0.2, 0) is 4.74 Å². The topological polar surface area (TPSA) is 28.1 Å². The molecule has 1 aromatic rings. The summed E-state index contributed by atoms with van der Waals surface area (Å²) in [6, 6.07) is 8.51. The van der Waals surface area contributed by atoms with Gasteiger partial charge in [0.15, 0.2) is 0 Å². The van der Waals surface area contributed by atoms with E-state index in [1.54, 1.807) is 0 Å². The molecule has 0 aromatic heterocycles. The highest BCUT2D eigenvalue weighted by atomic mass is 16.5. The Kier molecular flexibility index (Phi) is 5.33. The minimum Gasteiger partial charge on any atom is -0.361 e. The molecule has 0 aliphatic carbocycles. The molecule has 3 rings (SSSR count). The zero-order valence-electron chi connectivity index (χ0n) is 13.6. The summed E-state index contributed by atoms with van der Waals surface area (Å²) in [5.74, 6) is 1.06.